The Morgan fingerprint density at radius 2 is 2.22 bits per heavy atom. The number of ether oxygens (including phenoxy) is 1. The standard InChI is InChI=1S/C12H22N3O6PS/c1-4-9(7-20-22(18,23)19-3)21-11(8(2)16)15-6-5-10(13)14-12(15)17/h5-6,8-9,11,16H,4,7H2,1-3H3,(H,18,23)(H2,13,14,17)/t8-,9+,11+,22?/m0/s1. The molecule has 1 unspecified atom stereocenters. The number of nitrogens with zero attached hydrogens (tertiary/aromatic N) is 2. The lowest BCUT2D eigenvalue weighted by Gasteiger charge is -2.28. The van der Waals surface area contributed by atoms with Gasteiger partial charge in [0.2, 0.25) is 0 Å². The molecule has 0 amide bonds. The summed E-state index contributed by atoms with van der Waals surface area (Å²) < 4.78 is 16.7. The van der Waals surface area contributed by atoms with E-state index in [1.165, 1.54) is 26.3 Å². The van der Waals surface area contributed by atoms with Crippen LogP contribution in [0.4, 0.5) is 5.82 Å². The number of aliphatic hydroxyl groups excluding tert-OH is 1. The van der Waals surface area contributed by atoms with E-state index in [9.17, 15) is 14.8 Å². The molecule has 0 aromatic carbocycles. The van der Waals surface area contributed by atoms with Crippen LogP contribution in [-0.2, 0) is 25.6 Å². The number of aliphatic hydroxyl groups is 1. The summed E-state index contributed by atoms with van der Waals surface area (Å²) in [7, 11) is 1.25. The molecule has 1 aromatic rings. The number of rotatable bonds is 9. The zero-order valence-corrected chi connectivity index (χ0v) is 14.9. The average molecular weight is 367 g/mol. The van der Waals surface area contributed by atoms with Gasteiger partial charge in [-0.25, -0.2) is 4.79 Å². The lowest BCUT2D eigenvalue weighted by atomic mass is 10.2. The topological polar surface area (TPSA) is 129 Å². The second-order valence-electron chi connectivity index (χ2n) is 4.79. The third-order valence-electron chi connectivity index (χ3n) is 2.98. The van der Waals surface area contributed by atoms with E-state index in [-0.39, 0.29) is 12.4 Å². The van der Waals surface area contributed by atoms with Gasteiger partial charge in [0.1, 0.15) is 5.82 Å². The highest BCUT2D eigenvalue weighted by molar-refractivity contribution is 8.07. The quantitative estimate of drug-likeness (QED) is 0.530. The first-order valence-corrected chi connectivity index (χ1v) is 9.50. The van der Waals surface area contributed by atoms with Gasteiger partial charge in [-0.2, -0.15) is 4.98 Å². The van der Waals surface area contributed by atoms with Crippen LogP contribution in [0.5, 0.6) is 0 Å². The van der Waals surface area contributed by atoms with Crippen molar-refractivity contribution in [3.8, 4) is 0 Å². The molecule has 23 heavy (non-hydrogen) atoms. The summed E-state index contributed by atoms with van der Waals surface area (Å²) in [5.41, 5.74) is 4.80. The van der Waals surface area contributed by atoms with Gasteiger partial charge in [-0.3, -0.25) is 4.57 Å². The van der Waals surface area contributed by atoms with Gasteiger partial charge in [-0.15, -0.1) is 0 Å². The zero-order chi connectivity index (χ0) is 17.6. The van der Waals surface area contributed by atoms with Crippen molar-refractivity contribution in [1.82, 2.24) is 9.55 Å². The van der Waals surface area contributed by atoms with E-state index < -0.39 is 30.8 Å². The molecule has 9 nitrogen and oxygen atoms in total. The molecule has 1 rings (SSSR count). The van der Waals surface area contributed by atoms with E-state index in [2.05, 4.69) is 9.51 Å². The molecule has 132 valence electrons. The molecule has 0 saturated carbocycles. The van der Waals surface area contributed by atoms with Crippen molar-refractivity contribution in [3.63, 3.8) is 0 Å². The van der Waals surface area contributed by atoms with Crippen molar-refractivity contribution in [3.05, 3.63) is 22.7 Å². The van der Waals surface area contributed by atoms with Gasteiger partial charge >= 0.3 is 12.4 Å². The van der Waals surface area contributed by atoms with Crippen molar-refractivity contribution < 1.29 is 23.8 Å². The SMILES string of the molecule is CC[C@H](COP(O)(=S)OC)O[C@H]([C@H](C)O)n1ccc(N)nc1=O. The number of aromatic nitrogens is 2. The van der Waals surface area contributed by atoms with Crippen LogP contribution in [0.3, 0.4) is 0 Å². The number of nitrogens with two attached hydrogens (primary N) is 1. The summed E-state index contributed by atoms with van der Waals surface area (Å²) in [5, 5.41) is 9.91. The number of hydrogen-bond acceptors (Lipinski definition) is 8. The summed E-state index contributed by atoms with van der Waals surface area (Å²) in [6.07, 6.45) is -0.612. The van der Waals surface area contributed by atoms with Crippen molar-refractivity contribution in [2.24, 2.45) is 0 Å². The van der Waals surface area contributed by atoms with Crippen LogP contribution < -0.4 is 11.4 Å². The monoisotopic (exact) mass is 367 g/mol. The fraction of sp³-hybridized carbons (Fsp3) is 0.667. The fourth-order valence-electron chi connectivity index (χ4n) is 1.71. The minimum absolute atomic E-state index is 0.0432. The predicted molar refractivity (Wildman–Crippen MR) is 88.3 cm³/mol. The Labute approximate surface area is 139 Å². The maximum absolute atomic E-state index is 11.9. The van der Waals surface area contributed by atoms with E-state index in [4.69, 9.17) is 26.8 Å². The Morgan fingerprint density at radius 3 is 2.70 bits per heavy atom. The number of anilines is 1. The summed E-state index contributed by atoms with van der Waals surface area (Å²) in [6, 6.07) is 1.43. The highest BCUT2D eigenvalue weighted by Gasteiger charge is 2.25. The molecule has 0 saturated heterocycles. The van der Waals surface area contributed by atoms with E-state index in [1.54, 1.807) is 0 Å². The molecule has 0 fully saturated rings. The fourth-order valence-corrected chi connectivity index (χ4v) is 2.35. The Morgan fingerprint density at radius 1 is 1.57 bits per heavy atom. The normalized spacial score (nSPS) is 18.1. The molecular formula is C12H22N3O6PS. The third-order valence-corrected chi connectivity index (χ3v) is 4.68. The lowest BCUT2D eigenvalue weighted by Crippen LogP contribution is -2.37. The average Bonchev–Trinajstić information content (AvgIpc) is 2.48. The van der Waals surface area contributed by atoms with Crippen LogP contribution in [0.15, 0.2) is 17.1 Å². The highest BCUT2D eigenvalue weighted by Crippen LogP contribution is 2.42. The van der Waals surface area contributed by atoms with Crippen molar-refractivity contribution >= 4 is 24.3 Å². The molecule has 4 N–H and O–H groups in total. The van der Waals surface area contributed by atoms with Crippen LogP contribution in [0, 0.1) is 0 Å². The Bertz CT molecular complexity index is 611. The number of hydrogen-bond donors (Lipinski definition) is 3. The maximum Gasteiger partial charge on any atom is 0.351 e. The summed E-state index contributed by atoms with van der Waals surface area (Å²) in [6.45, 7) is -0.0424. The van der Waals surface area contributed by atoms with E-state index in [1.807, 2.05) is 6.92 Å². The molecule has 0 aliphatic carbocycles. The minimum Gasteiger partial charge on any atom is -0.389 e. The van der Waals surface area contributed by atoms with Gasteiger partial charge in [0.15, 0.2) is 6.23 Å². The number of nitrogen functional groups attached to an aromatic ring is 1. The summed E-state index contributed by atoms with van der Waals surface area (Å²) >= 11 is 4.74. The minimum atomic E-state index is -3.30. The van der Waals surface area contributed by atoms with Gasteiger partial charge < -0.3 is 29.5 Å². The first kappa shape index (κ1) is 20.2. The lowest BCUT2D eigenvalue weighted by molar-refractivity contribution is -0.125. The Balaban J connectivity index is 2.89. The zero-order valence-electron chi connectivity index (χ0n) is 13.2. The molecule has 1 aromatic heterocycles. The third kappa shape index (κ3) is 6.27. The van der Waals surface area contributed by atoms with E-state index >= 15 is 0 Å². The summed E-state index contributed by atoms with van der Waals surface area (Å²) in [4.78, 5) is 25.1. The molecule has 11 heteroatoms. The molecule has 0 spiro atoms. The van der Waals surface area contributed by atoms with Crippen molar-refractivity contribution in [2.45, 2.75) is 38.7 Å². The second-order valence-corrected chi connectivity index (χ2v) is 7.73. The predicted octanol–water partition coefficient (Wildman–Crippen LogP) is 0.380. The molecule has 0 aliphatic heterocycles. The molecule has 0 radical (unpaired) electrons. The van der Waals surface area contributed by atoms with Gasteiger partial charge in [-0.05, 0) is 31.2 Å². The van der Waals surface area contributed by atoms with Gasteiger partial charge in [0, 0.05) is 13.3 Å². The largest absolute Gasteiger partial charge is 0.389 e. The molecule has 0 aliphatic rings. The first-order valence-electron chi connectivity index (χ1n) is 6.91. The Kier molecular flexibility index (Phi) is 7.75. The van der Waals surface area contributed by atoms with E-state index in [0.717, 1.165) is 4.57 Å². The molecule has 0 bridgehead atoms. The highest BCUT2D eigenvalue weighted by atomic mass is 32.5. The van der Waals surface area contributed by atoms with E-state index in [0.29, 0.717) is 6.42 Å². The van der Waals surface area contributed by atoms with Crippen LogP contribution in [-0.4, -0.2) is 45.5 Å². The smallest absolute Gasteiger partial charge is 0.351 e. The van der Waals surface area contributed by atoms with Crippen molar-refractivity contribution in [1.29, 1.82) is 0 Å². The van der Waals surface area contributed by atoms with Crippen LogP contribution in [0.1, 0.15) is 26.5 Å². The van der Waals surface area contributed by atoms with Crippen LogP contribution in [0.2, 0.25) is 0 Å². The van der Waals surface area contributed by atoms with Gasteiger partial charge in [0.05, 0.1) is 18.8 Å². The summed E-state index contributed by atoms with van der Waals surface area (Å²) in [5.74, 6) is 0.0760. The van der Waals surface area contributed by atoms with Gasteiger partial charge in [0.25, 0.3) is 0 Å². The Hall–Kier alpha value is -0.870. The molecular weight excluding hydrogens is 345 g/mol. The molecule has 4 atom stereocenters. The van der Waals surface area contributed by atoms with Crippen LogP contribution in [0.25, 0.3) is 0 Å². The first-order chi connectivity index (χ1) is 10.7. The van der Waals surface area contributed by atoms with Crippen molar-refractivity contribution in [2.75, 3.05) is 19.5 Å². The van der Waals surface area contributed by atoms with Crippen LogP contribution >= 0.6 is 6.72 Å². The molecule has 1 heterocycles. The maximum atomic E-state index is 11.9. The van der Waals surface area contributed by atoms with Gasteiger partial charge in [-0.1, -0.05) is 6.92 Å². The second kappa shape index (κ2) is 8.84.